The Hall–Kier alpha value is -0.200. The third-order valence-electron chi connectivity index (χ3n) is 1.07. The summed E-state index contributed by atoms with van der Waals surface area (Å²) in [6.07, 6.45) is 0. The fourth-order valence-electron chi connectivity index (χ4n) is 0.587. The summed E-state index contributed by atoms with van der Waals surface area (Å²) < 4.78 is 2.61. The van der Waals surface area contributed by atoms with Gasteiger partial charge in [0.2, 0.25) is 3.83 Å². The number of hydrogen-bond acceptors (Lipinski definition) is 3. The Morgan fingerprint density at radius 1 is 1.40 bits per heavy atom. The molecule has 4 nitrogen and oxygen atoms in total. The molecule has 5 heteroatoms. The molecule has 0 saturated heterocycles. The first kappa shape index (κ1) is 7.90. The van der Waals surface area contributed by atoms with Gasteiger partial charge >= 0.3 is 0 Å². The minimum atomic E-state index is -0.0139. The zero-order valence-corrected chi connectivity index (χ0v) is 8.32. The molecule has 1 rings (SSSR count). The molecule has 56 valence electrons. The largest absolute Gasteiger partial charge is 0.215 e. The average Bonchev–Trinajstić information content (AvgIpc) is 2.11. The molecule has 0 aliphatic carbocycles. The highest BCUT2D eigenvalue weighted by Gasteiger charge is 2.17. The van der Waals surface area contributed by atoms with Crippen molar-refractivity contribution in [3.63, 3.8) is 0 Å². The highest BCUT2D eigenvalue weighted by atomic mass is 127. The van der Waals surface area contributed by atoms with Crippen molar-refractivity contribution < 1.29 is 0 Å². The fraction of sp³-hybridized carbons (Fsp3) is 0.800. The third kappa shape index (κ3) is 1.44. The molecule has 0 aliphatic rings. The molecule has 0 aliphatic heterocycles. The van der Waals surface area contributed by atoms with Gasteiger partial charge in [-0.1, -0.05) is 0 Å². The summed E-state index contributed by atoms with van der Waals surface area (Å²) in [4.78, 5) is 0. The van der Waals surface area contributed by atoms with Gasteiger partial charge in [-0.25, -0.2) is 4.68 Å². The molecule has 0 unspecified atom stereocenters. The van der Waals surface area contributed by atoms with E-state index in [2.05, 4.69) is 58.9 Å². The first-order valence-electron chi connectivity index (χ1n) is 2.96. The lowest BCUT2D eigenvalue weighted by Gasteiger charge is -2.17. The Balaban J connectivity index is 3.05. The minimum absolute atomic E-state index is 0.0139. The van der Waals surface area contributed by atoms with Crippen LogP contribution in [0.1, 0.15) is 20.8 Å². The predicted molar refractivity (Wildman–Crippen MR) is 45.5 cm³/mol. The van der Waals surface area contributed by atoms with Crippen LogP contribution in [0.25, 0.3) is 0 Å². The van der Waals surface area contributed by atoms with E-state index in [9.17, 15) is 0 Å². The van der Waals surface area contributed by atoms with Gasteiger partial charge in [0, 0.05) is 22.6 Å². The maximum absolute atomic E-state index is 3.84. The van der Waals surface area contributed by atoms with Crippen LogP contribution in [0.3, 0.4) is 0 Å². The predicted octanol–water partition coefficient (Wildman–Crippen LogP) is 1.03. The van der Waals surface area contributed by atoms with Crippen molar-refractivity contribution in [2.75, 3.05) is 0 Å². The number of rotatable bonds is 0. The van der Waals surface area contributed by atoms with Crippen LogP contribution >= 0.6 is 22.6 Å². The van der Waals surface area contributed by atoms with Gasteiger partial charge in [0.05, 0.1) is 5.54 Å². The zero-order chi connectivity index (χ0) is 7.78. The summed E-state index contributed by atoms with van der Waals surface area (Å²) in [5.41, 5.74) is -0.0139. The summed E-state index contributed by atoms with van der Waals surface area (Å²) in [6.45, 7) is 6.18. The van der Waals surface area contributed by atoms with Crippen molar-refractivity contribution in [3.05, 3.63) is 3.83 Å². The zero-order valence-electron chi connectivity index (χ0n) is 6.17. The van der Waals surface area contributed by atoms with Gasteiger partial charge in [-0.05, 0) is 31.2 Å². The second kappa shape index (κ2) is 2.44. The smallest absolute Gasteiger partial charge is 0.212 e. The average molecular weight is 252 g/mol. The topological polar surface area (TPSA) is 43.6 Å². The lowest BCUT2D eigenvalue weighted by molar-refractivity contribution is 0.339. The molecular weight excluding hydrogens is 243 g/mol. The van der Waals surface area contributed by atoms with Gasteiger partial charge in [-0.2, -0.15) is 0 Å². The van der Waals surface area contributed by atoms with Crippen molar-refractivity contribution in [2.45, 2.75) is 26.3 Å². The molecule has 0 saturated carbocycles. The standard InChI is InChI=1S/C5H9IN4/c1-5(2,3)10-4(6)7-8-9-10/h1-3H3. The molecule has 0 atom stereocenters. The van der Waals surface area contributed by atoms with Crippen LogP contribution in [0.4, 0.5) is 0 Å². The lowest BCUT2D eigenvalue weighted by Crippen LogP contribution is -2.24. The summed E-state index contributed by atoms with van der Waals surface area (Å²) >= 11 is 2.11. The maximum atomic E-state index is 3.84. The molecule has 0 spiro atoms. The molecule has 0 fully saturated rings. The molecule has 1 aromatic rings. The molecule has 0 radical (unpaired) electrons. The van der Waals surface area contributed by atoms with E-state index in [1.165, 1.54) is 0 Å². The maximum Gasteiger partial charge on any atom is 0.212 e. The van der Waals surface area contributed by atoms with Crippen LogP contribution < -0.4 is 0 Å². The van der Waals surface area contributed by atoms with Crippen LogP contribution in [-0.2, 0) is 5.54 Å². The molecule has 0 amide bonds. The van der Waals surface area contributed by atoms with Crippen LogP contribution in [0.15, 0.2) is 0 Å². The van der Waals surface area contributed by atoms with Gasteiger partial charge in [-0.3, -0.25) is 0 Å². The number of tetrazole rings is 1. The first-order chi connectivity index (χ1) is 4.52. The van der Waals surface area contributed by atoms with Gasteiger partial charge in [0.15, 0.2) is 0 Å². The van der Waals surface area contributed by atoms with E-state index in [1.54, 1.807) is 4.68 Å². The molecule has 10 heavy (non-hydrogen) atoms. The minimum Gasteiger partial charge on any atom is -0.215 e. The van der Waals surface area contributed by atoms with E-state index in [4.69, 9.17) is 0 Å². The lowest BCUT2D eigenvalue weighted by atomic mass is 10.1. The number of halogens is 1. The van der Waals surface area contributed by atoms with E-state index >= 15 is 0 Å². The van der Waals surface area contributed by atoms with E-state index in [1.807, 2.05) is 0 Å². The summed E-state index contributed by atoms with van der Waals surface area (Å²) in [7, 11) is 0. The Labute approximate surface area is 73.1 Å². The van der Waals surface area contributed by atoms with Crippen molar-refractivity contribution in [3.8, 4) is 0 Å². The van der Waals surface area contributed by atoms with Crippen molar-refractivity contribution >= 4 is 22.6 Å². The summed E-state index contributed by atoms with van der Waals surface area (Å²) in [6, 6.07) is 0. The van der Waals surface area contributed by atoms with Crippen molar-refractivity contribution in [1.82, 2.24) is 20.2 Å². The molecular formula is C5H9IN4. The van der Waals surface area contributed by atoms with E-state index < -0.39 is 0 Å². The number of hydrogen-bond donors (Lipinski definition) is 0. The van der Waals surface area contributed by atoms with Crippen LogP contribution in [0, 0.1) is 3.83 Å². The van der Waals surface area contributed by atoms with Gasteiger partial charge in [0.25, 0.3) is 0 Å². The Morgan fingerprint density at radius 2 is 2.00 bits per heavy atom. The summed E-state index contributed by atoms with van der Waals surface area (Å²) in [5, 5.41) is 11.2. The molecule has 0 aromatic carbocycles. The van der Waals surface area contributed by atoms with Gasteiger partial charge < -0.3 is 0 Å². The van der Waals surface area contributed by atoms with Crippen molar-refractivity contribution in [1.29, 1.82) is 0 Å². The number of nitrogens with zero attached hydrogens (tertiary/aromatic N) is 4. The molecule has 1 heterocycles. The SMILES string of the molecule is CC(C)(C)n1nnnc1I. The highest BCUT2D eigenvalue weighted by molar-refractivity contribution is 14.1. The van der Waals surface area contributed by atoms with E-state index in [0.29, 0.717) is 0 Å². The van der Waals surface area contributed by atoms with Crippen molar-refractivity contribution in [2.24, 2.45) is 0 Å². The highest BCUT2D eigenvalue weighted by Crippen LogP contribution is 2.13. The number of aromatic nitrogens is 4. The van der Waals surface area contributed by atoms with Crippen LogP contribution in [-0.4, -0.2) is 20.2 Å². The summed E-state index contributed by atoms with van der Waals surface area (Å²) in [5.74, 6) is 0. The molecule has 0 N–H and O–H groups in total. The van der Waals surface area contributed by atoms with Crippen LogP contribution in [0.2, 0.25) is 0 Å². The molecule has 0 bridgehead atoms. The van der Waals surface area contributed by atoms with E-state index in [0.717, 1.165) is 3.83 Å². The second-order valence-corrected chi connectivity index (χ2v) is 4.00. The van der Waals surface area contributed by atoms with E-state index in [-0.39, 0.29) is 5.54 Å². The second-order valence-electron chi connectivity index (χ2n) is 3.03. The first-order valence-corrected chi connectivity index (χ1v) is 4.04. The molecule has 1 aromatic heterocycles. The normalized spacial score (nSPS) is 12.0. The Bertz CT molecular complexity index is 224. The fourth-order valence-corrected chi connectivity index (χ4v) is 1.50. The third-order valence-corrected chi connectivity index (χ3v) is 1.74. The Kier molecular flexibility index (Phi) is 1.93. The van der Waals surface area contributed by atoms with Gasteiger partial charge in [0.1, 0.15) is 0 Å². The monoisotopic (exact) mass is 252 g/mol. The van der Waals surface area contributed by atoms with Crippen LogP contribution in [0.5, 0.6) is 0 Å². The van der Waals surface area contributed by atoms with Gasteiger partial charge in [-0.15, -0.1) is 5.10 Å². The quantitative estimate of drug-likeness (QED) is 0.648. The Morgan fingerprint density at radius 3 is 2.20 bits per heavy atom.